The summed E-state index contributed by atoms with van der Waals surface area (Å²) < 4.78 is 0. The number of amides is 1. The predicted molar refractivity (Wildman–Crippen MR) is 55.1 cm³/mol. The molecule has 0 aromatic heterocycles. The van der Waals surface area contributed by atoms with E-state index in [0.29, 0.717) is 18.5 Å². The zero-order valence-corrected chi connectivity index (χ0v) is 9.07. The first-order valence-electron chi connectivity index (χ1n) is 5.41. The van der Waals surface area contributed by atoms with Crippen LogP contribution in [0.2, 0.25) is 0 Å². The third-order valence-corrected chi connectivity index (χ3v) is 3.29. The minimum atomic E-state index is 0.299. The first kappa shape index (κ1) is 9.93. The fraction of sp³-hybridized carbons (Fsp3) is 0.900. The van der Waals surface area contributed by atoms with Crippen molar-refractivity contribution < 1.29 is 4.79 Å². The maximum absolute atomic E-state index is 11.6. The highest BCUT2D eigenvalue weighted by Crippen LogP contribution is 2.15. The molecule has 2 aliphatic rings. The van der Waals surface area contributed by atoms with Crippen LogP contribution in [-0.4, -0.2) is 73.0 Å². The molecule has 4 heteroatoms. The van der Waals surface area contributed by atoms with E-state index >= 15 is 0 Å². The average Bonchev–Trinajstić information content (AvgIpc) is 2.13. The van der Waals surface area contributed by atoms with Gasteiger partial charge in [0.05, 0.1) is 6.54 Å². The van der Waals surface area contributed by atoms with Crippen LogP contribution in [0.25, 0.3) is 0 Å². The van der Waals surface area contributed by atoms with Crippen LogP contribution in [-0.2, 0) is 4.79 Å². The van der Waals surface area contributed by atoms with Crippen LogP contribution in [0.15, 0.2) is 0 Å². The Bertz CT molecular complexity index is 225. The molecule has 2 fully saturated rings. The number of likely N-dealkylation sites (N-methyl/N-ethyl adjacent to an activating group) is 2. The second-order valence-electron chi connectivity index (χ2n) is 4.32. The molecule has 0 radical (unpaired) electrons. The first-order chi connectivity index (χ1) is 6.70. The van der Waals surface area contributed by atoms with Crippen LogP contribution in [0, 0.1) is 0 Å². The van der Waals surface area contributed by atoms with Gasteiger partial charge in [-0.1, -0.05) is 0 Å². The predicted octanol–water partition coefficient (Wildman–Crippen LogP) is -0.535. The van der Waals surface area contributed by atoms with Crippen molar-refractivity contribution in [2.45, 2.75) is 13.0 Å². The van der Waals surface area contributed by atoms with Crippen molar-refractivity contribution in [3.05, 3.63) is 0 Å². The molecule has 0 atom stereocenters. The number of piperazine rings is 1. The second kappa shape index (κ2) is 3.87. The zero-order chi connectivity index (χ0) is 10.1. The molecule has 2 aliphatic heterocycles. The van der Waals surface area contributed by atoms with Gasteiger partial charge in [-0.25, -0.2) is 0 Å². The van der Waals surface area contributed by atoms with E-state index in [1.54, 1.807) is 0 Å². The van der Waals surface area contributed by atoms with Gasteiger partial charge in [-0.15, -0.1) is 0 Å². The van der Waals surface area contributed by atoms with Gasteiger partial charge in [0.2, 0.25) is 5.91 Å². The number of carbonyl (C=O) groups is 1. The average molecular weight is 197 g/mol. The molecule has 0 aromatic rings. The Balaban J connectivity index is 1.84. The fourth-order valence-corrected chi connectivity index (χ4v) is 2.27. The number of hydrogen-bond donors (Lipinski definition) is 0. The molecule has 0 N–H and O–H groups in total. The third-order valence-electron chi connectivity index (χ3n) is 3.29. The maximum Gasteiger partial charge on any atom is 0.236 e. The Morgan fingerprint density at radius 3 is 2.57 bits per heavy atom. The lowest BCUT2D eigenvalue weighted by atomic mass is 10.1. The summed E-state index contributed by atoms with van der Waals surface area (Å²) in [4.78, 5) is 18.2. The topological polar surface area (TPSA) is 26.8 Å². The van der Waals surface area contributed by atoms with Crippen molar-refractivity contribution in [2.75, 3.05) is 46.3 Å². The Kier molecular flexibility index (Phi) is 2.74. The lowest BCUT2D eigenvalue weighted by Gasteiger charge is -2.46. The molecule has 1 amide bonds. The van der Waals surface area contributed by atoms with Crippen LogP contribution in [0.5, 0.6) is 0 Å². The van der Waals surface area contributed by atoms with E-state index in [2.05, 4.69) is 16.8 Å². The maximum atomic E-state index is 11.6. The summed E-state index contributed by atoms with van der Waals surface area (Å²) in [5, 5.41) is 0. The van der Waals surface area contributed by atoms with Gasteiger partial charge >= 0.3 is 0 Å². The molecule has 0 aliphatic carbocycles. The van der Waals surface area contributed by atoms with E-state index in [4.69, 9.17) is 0 Å². The Morgan fingerprint density at radius 1 is 1.36 bits per heavy atom. The lowest BCUT2D eigenvalue weighted by molar-refractivity contribution is -0.138. The highest BCUT2D eigenvalue weighted by Gasteiger charge is 2.33. The van der Waals surface area contributed by atoms with Gasteiger partial charge < -0.3 is 9.80 Å². The van der Waals surface area contributed by atoms with Crippen molar-refractivity contribution in [3.63, 3.8) is 0 Å². The van der Waals surface area contributed by atoms with E-state index < -0.39 is 0 Å². The molecular weight excluding hydrogens is 178 g/mol. The van der Waals surface area contributed by atoms with Crippen molar-refractivity contribution >= 4 is 5.91 Å². The SMILES string of the molecule is CCN1CCN(C2CN(C)C2)CC1=O. The Morgan fingerprint density at radius 2 is 2.07 bits per heavy atom. The molecule has 0 spiro atoms. The number of carbonyl (C=O) groups excluding carboxylic acids is 1. The van der Waals surface area contributed by atoms with Crippen LogP contribution in [0.4, 0.5) is 0 Å². The van der Waals surface area contributed by atoms with Crippen LogP contribution in [0.1, 0.15) is 6.92 Å². The number of likely N-dealkylation sites (tertiary alicyclic amines) is 1. The monoisotopic (exact) mass is 197 g/mol. The van der Waals surface area contributed by atoms with Gasteiger partial charge in [-0.3, -0.25) is 9.69 Å². The molecule has 0 saturated carbocycles. The smallest absolute Gasteiger partial charge is 0.236 e. The molecule has 2 saturated heterocycles. The summed E-state index contributed by atoms with van der Waals surface area (Å²) in [7, 11) is 2.13. The molecule has 0 unspecified atom stereocenters. The quantitative estimate of drug-likeness (QED) is 0.595. The molecule has 2 rings (SSSR count). The standard InChI is InChI=1S/C10H19N3O/c1-3-12-4-5-13(8-10(12)14)9-6-11(2)7-9/h9H,3-8H2,1-2H3. The van der Waals surface area contributed by atoms with E-state index in [9.17, 15) is 4.79 Å². The third kappa shape index (κ3) is 1.77. The summed E-state index contributed by atoms with van der Waals surface area (Å²) in [6.45, 7) is 7.75. The van der Waals surface area contributed by atoms with Gasteiger partial charge in [-0.2, -0.15) is 0 Å². The largest absolute Gasteiger partial charge is 0.341 e. The van der Waals surface area contributed by atoms with Gasteiger partial charge in [-0.05, 0) is 14.0 Å². The van der Waals surface area contributed by atoms with E-state index in [-0.39, 0.29) is 0 Å². The first-order valence-corrected chi connectivity index (χ1v) is 5.41. The van der Waals surface area contributed by atoms with Crippen LogP contribution in [0.3, 0.4) is 0 Å². The fourth-order valence-electron chi connectivity index (χ4n) is 2.27. The molecule has 80 valence electrons. The van der Waals surface area contributed by atoms with Crippen molar-refractivity contribution in [2.24, 2.45) is 0 Å². The van der Waals surface area contributed by atoms with Crippen molar-refractivity contribution in [1.29, 1.82) is 0 Å². The highest BCUT2D eigenvalue weighted by molar-refractivity contribution is 5.79. The van der Waals surface area contributed by atoms with Gasteiger partial charge in [0.25, 0.3) is 0 Å². The normalized spacial score (nSPS) is 26.7. The Hall–Kier alpha value is -0.610. The van der Waals surface area contributed by atoms with Crippen molar-refractivity contribution in [3.8, 4) is 0 Å². The number of hydrogen-bond acceptors (Lipinski definition) is 3. The number of rotatable bonds is 2. The number of nitrogens with zero attached hydrogens (tertiary/aromatic N) is 3. The molecular formula is C10H19N3O. The zero-order valence-electron chi connectivity index (χ0n) is 9.07. The highest BCUT2D eigenvalue weighted by atomic mass is 16.2. The summed E-state index contributed by atoms with van der Waals surface area (Å²) in [6, 6.07) is 0.628. The second-order valence-corrected chi connectivity index (χ2v) is 4.32. The summed E-state index contributed by atoms with van der Waals surface area (Å²) >= 11 is 0. The Labute approximate surface area is 85.5 Å². The molecule has 0 bridgehead atoms. The van der Waals surface area contributed by atoms with Crippen molar-refractivity contribution in [1.82, 2.24) is 14.7 Å². The molecule has 0 aromatic carbocycles. The molecule has 2 heterocycles. The minimum Gasteiger partial charge on any atom is -0.341 e. The van der Waals surface area contributed by atoms with Crippen LogP contribution < -0.4 is 0 Å². The molecule has 14 heavy (non-hydrogen) atoms. The summed E-state index contributed by atoms with van der Waals surface area (Å²) in [6.07, 6.45) is 0. The minimum absolute atomic E-state index is 0.299. The summed E-state index contributed by atoms with van der Waals surface area (Å²) in [5.41, 5.74) is 0. The lowest BCUT2D eigenvalue weighted by Crippen LogP contribution is -2.63. The van der Waals surface area contributed by atoms with Crippen LogP contribution >= 0.6 is 0 Å². The summed E-state index contributed by atoms with van der Waals surface area (Å²) in [5.74, 6) is 0.299. The van der Waals surface area contributed by atoms with Gasteiger partial charge in [0.1, 0.15) is 0 Å². The van der Waals surface area contributed by atoms with E-state index in [1.807, 2.05) is 11.8 Å². The van der Waals surface area contributed by atoms with Gasteiger partial charge in [0, 0.05) is 38.8 Å². The van der Waals surface area contributed by atoms with E-state index in [1.165, 1.54) is 0 Å². The van der Waals surface area contributed by atoms with E-state index in [0.717, 1.165) is 32.7 Å². The van der Waals surface area contributed by atoms with Gasteiger partial charge in [0.15, 0.2) is 0 Å². The molecule has 4 nitrogen and oxygen atoms in total.